The zero-order valence-corrected chi connectivity index (χ0v) is 12.2. The third-order valence-corrected chi connectivity index (χ3v) is 3.73. The maximum Gasteiger partial charge on any atom is 0.222 e. The molecule has 0 aliphatic carbocycles. The van der Waals surface area contributed by atoms with E-state index in [4.69, 9.17) is 0 Å². The van der Waals surface area contributed by atoms with Gasteiger partial charge in [0.2, 0.25) is 5.91 Å². The van der Waals surface area contributed by atoms with Crippen molar-refractivity contribution in [3.63, 3.8) is 0 Å². The molecule has 0 radical (unpaired) electrons. The quantitative estimate of drug-likeness (QED) is 0.608. The van der Waals surface area contributed by atoms with Crippen molar-refractivity contribution in [3.8, 4) is 0 Å². The molecule has 0 bridgehead atoms. The molecular formula is C15H30N2O. The molecule has 106 valence electrons. The zero-order valence-electron chi connectivity index (χ0n) is 12.2. The van der Waals surface area contributed by atoms with Crippen molar-refractivity contribution in [2.24, 2.45) is 0 Å². The number of rotatable bonds is 10. The summed E-state index contributed by atoms with van der Waals surface area (Å²) in [6.07, 6.45) is 9.36. The van der Waals surface area contributed by atoms with Gasteiger partial charge in [-0.3, -0.25) is 4.79 Å². The number of carbonyl (C=O) groups is 1. The topological polar surface area (TPSA) is 32.3 Å². The van der Waals surface area contributed by atoms with Crippen LogP contribution in [0.4, 0.5) is 0 Å². The fourth-order valence-electron chi connectivity index (χ4n) is 2.45. The first kappa shape index (κ1) is 15.5. The van der Waals surface area contributed by atoms with Gasteiger partial charge in [0.1, 0.15) is 0 Å². The molecule has 1 fully saturated rings. The monoisotopic (exact) mass is 254 g/mol. The zero-order chi connectivity index (χ0) is 13.2. The van der Waals surface area contributed by atoms with E-state index in [1.807, 2.05) is 0 Å². The third kappa shape index (κ3) is 5.38. The second-order valence-electron chi connectivity index (χ2n) is 5.42. The molecule has 3 nitrogen and oxygen atoms in total. The molecule has 0 spiro atoms. The first-order valence-electron chi connectivity index (χ1n) is 7.79. The van der Waals surface area contributed by atoms with Crippen LogP contribution in [0.3, 0.4) is 0 Å². The first-order chi connectivity index (χ1) is 8.79. The van der Waals surface area contributed by atoms with E-state index in [0.29, 0.717) is 11.9 Å². The molecule has 0 aromatic heterocycles. The molecule has 1 aliphatic rings. The molecule has 1 amide bonds. The van der Waals surface area contributed by atoms with Crippen LogP contribution in [0.15, 0.2) is 0 Å². The summed E-state index contributed by atoms with van der Waals surface area (Å²) in [5.74, 6) is 0.374. The Hall–Kier alpha value is -0.570. The first-order valence-corrected chi connectivity index (χ1v) is 7.79. The normalized spacial score (nSPS) is 15.4. The number of carbonyl (C=O) groups excluding carboxylic acids is 1. The van der Waals surface area contributed by atoms with E-state index in [1.165, 1.54) is 32.1 Å². The highest BCUT2D eigenvalue weighted by molar-refractivity contribution is 5.76. The standard InChI is InChI=1S/C15H30N2O/c1-3-5-6-7-8-9-10-15(18)17(11-4-2)14-12-16-13-14/h14,16H,3-13H2,1-2H3. The van der Waals surface area contributed by atoms with Crippen molar-refractivity contribution in [3.05, 3.63) is 0 Å². The van der Waals surface area contributed by atoms with Gasteiger partial charge < -0.3 is 10.2 Å². The summed E-state index contributed by atoms with van der Waals surface area (Å²) in [5.41, 5.74) is 0. The average Bonchev–Trinajstić information content (AvgIpc) is 2.30. The Kier molecular flexibility index (Phi) is 8.06. The van der Waals surface area contributed by atoms with Gasteiger partial charge in [0.05, 0.1) is 6.04 Å². The number of unbranched alkanes of at least 4 members (excludes halogenated alkanes) is 5. The Labute approximate surface area is 112 Å². The minimum Gasteiger partial charge on any atom is -0.337 e. The van der Waals surface area contributed by atoms with Crippen molar-refractivity contribution in [2.75, 3.05) is 19.6 Å². The summed E-state index contributed by atoms with van der Waals surface area (Å²) >= 11 is 0. The van der Waals surface area contributed by atoms with Gasteiger partial charge in [0.25, 0.3) is 0 Å². The van der Waals surface area contributed by atoms with Crippen molar-refractivity contribution in [1.82, 2.24) is 10.2 Å². The molecule has 0 aromatic rings. The van der Waals surface area contributed by atoms with E-state index in [0.717, 1.165) is 38.9 Å². The van der Waals surface area contributed by atoms with Crippen LogP contribution in [0.1, 0.15) is 65.2 Å². The Balaban J connectivity index is 2.12. The number of amides is 1. The molecule has 3 heteroatoms. The van der Waals surface area contributed by atoms with Crippen LogP contribution in [0.5, 0.6) is 0 Å². The largest absolute Gasteiger partial charge is 0.337 e. The smallest absolute Gasteiger partial charge is 0.222 e. The number of nitrogens with zero attached hydrogens (tertiary/aromatic N) is 1. The molecule has 1 saturated heterocycles. The minimum atomic E-state index is 0.374. The highest BCUT2D eigenvalue weighted by Crippen LogP contribution is 2.12. The van der Waals surface area contributed by atoms with Crippen LogP contribution in [0.2, 0.25) is 0 Å². The minimum absolute atomic E-state index is 0.374. The van der Waals surface area contributed by atoms with Crippen molar-refractivity contribution in [1.29, 1.82) is 0 Å². The van der Waals surface area contributed by atoms with Gasteiger partial charge >= 0.3 is 0 Å². The summed E-state index contributed by atoms with van der Waals surface area (Å²) in [4.78, 5) is 14.3. The van der Waals surface area contributed by atoms with Gasteiger partial charge in [-0.15, -0.1) is 0 Å². The van der Waals surface area contributed by atoms with Crippen LogP contribution >= 0.6 is 0 Å². The molecule has 0 saturated carbocycles. The number of hydrogen-bond acceptors (Lipinski definition) is 2. The molecule has 1 rings (SSSR count). The lowest BCUT2D eigenvalue weighted by molar-refractivity contribution is -0.134. The van der Waals surface area contributed by atoms with Gasteiger partial charge in [0.15, 0.2) is 0 Å². The second kappa shape index (κ2) is 9.37. The van der Waals surface area contributed by atoms with E-state index in [-0.39, 0.29) is 0 Å². The summed E-state index contributed by atoms with van der Waals surface area (Å²) in [6, 6.07) is 0.470. The highest BCUT2D eigenvalue weighted by Gasteiger charge is 2.27. The predicted octanol–water partition coefficient (Wildman–Crippen LogP) is 2.95. The lowest BCUT2D eigenvalue weighted by atomic mass is 10.1. The fourth-order valence-corrected chi connectivity index (χ4v) is 2.45. The van der Waals surface area contributed by atoms with Crippen molar-refractivity contribution < 1.29 is 4.79 Å². The molecule has 1 aliphatic heterocycles. The lowest BCUT2D eigenvalue weighted by Gasteiger charge is -2.38. The van der Waals surface area contributed by atoms with Crippen LogP contribution in [-0.4, -0.2) is 36.5 Å². The van der Waals surface area contributed by atoms with Gasteiger partial charge in [0, 0.05) is 26.1 Å². The van der Waals surface area contributed by atoms with E-state index < -0.39 is 0 Å². The van der Waals surface area contributed by atoms with Crippen molar-refractivity contribution in [2.45, 2.75) is 71.3 Å². The summed E-state index contributed by atoms with van der Waals surface area (Å²) in [5, 5.41) is 3.25. The Morgan fingerprint density at radius 3 is 2.28 bits per heavy atom. The van der Waals surface area contributed by atoms with Gasteiger partial charge in [-0.05, 0) is 12.8 Å². The molecule has 0 aromatic carbocycles. The highest BCUT2D eigenvalue weighted by atomic mass is 16.2. The van der Waals surface area contributed by atoms with Crippen LogP contribution < -0.4 is 5.32 Å². The second-order valence-corrected chi connectivity index (χ2v) is 5.42. The van der Waals surface area contributed by atoms with Crippen LogP contribution in [-0.2, 0) is 4.79 Å². The summed E-state index contributed by atoms with van der Waals surface area (Å²) < 4.78 is 0. The van der Waals surface area contributed by atoms with Crippen LogP contribution in [0.25, 0.3) is 0 Å². The summed E-state index contributed by atoms with van der Waals surface area (Å²) in [6.45, 7) is 7.29. The molecule has 1 heterocycles. The molecule has 0 atom stereocenters. The van der Waals surface area contributed by atoms with Crippen LogP contribution in [0, 0.1) is 0 Å². The molecule has 1 N–H and O–H groups in total. The maximum absolute atomic E-state index is 12.2. The van der Waals surface area contributed by atoms with Gasteiger partial charge in [-0.25, -0.2) is 0 Å². The predicted molar refractivity (Wildman–Crippen MR) is 76.7 cm³/mol. The van der Waals surface area contributed by atoms with E-state index in [9.17, 15) is 4.79 Å². The van der Waals surface area contributed by atoms with Gasteiger partial charge in [-0.1, -0.05) is 46.0 Å². The fraction of sp³-hybridized carbons (Fsp3) is 0.933. The molecular weight excluding hydrogens is 224 g/mol. The van der Waals surface area contributed by atoms with E-state index in [2.05, 4.69) is 24.1 Å². The van der Waals surface area contributed by atoms with Gasteiger partial charge in [-0.2, -0.15) is 0 Å². The molecule has 18 heavy (non-hydrogen) atoms. The Bertz CT molecular complexity index is 227. The molecule has 0 unspecified atom stereocenters. The Morgan fingerprint density at radius 2 is 1.72 bits per heavy atom. The number of nitrogens with one attached hydrogen (secondary N) is 1. The number of hydrogen-bond donors (Lipinski definition) is 1. The van der Waals surface area contributed by atoms with E-state index in [1.54, 1.807) is 0 Å². The average molecular weight is 254 g/mol. The SMILES string of the molecule is CCCCCCCCC(=O)N(CCC)C1CNC1. The maximum atomic E-state index is 12.2. The van der Waals surface area contributed by atoms with Crippen molar-refractivity contribution >= 4 is 5.91 Å². The lowest BCUT2D eigenvalue weighted by Crippen LogP contribution is -2.59. The van der Waals surface area contributed by atoms with E-state index >= 15 is 0 Å². The third-order valence-electron chi connectivity index (χ3n) is 3.73. The Morgan fingerprint density at radius 1 is 1.06 bits per heavy atom. The summed E-state index contributed by atoms with van der Waals surface area (Å²) in [7, 11) is 0.